The zero-order valence-corrected chi connectivity index (χ0v) is 22.1. The van der Waals surface area contributed by atoms with E-state index in [0.717, 1.165) is 13.1 Å². The number of hydrogen-bond donors (Lipinski definition) is 2. The molecule has 40 heavy (non-hydrogen) atoms. The van der Waals surface area contributed by atoms with Gasteiger partial charge in [-0.1, -0.05) is 97.1 Å². The Labute approximate surface area is 234 Å². The van der Waals surface area contributed by atoms with Crippen LogP contribution in [0.1, 0.15) is 11.1 Å². The van der Waals surface area contributed by atoms with Gasteiger partial charge in [-0.2, -0.15) is 0 Å². The molecular weight excluding hydrogens is 484 g/mol. The largest absolute Gasteiger partial charge is 0.387 e. The van der Waals surface area contributed by atoms with Gasteiger partial charge in [0.2, 0.25) is 0 Å². The van der Waals surface area contributed by atoms with Gasteiger partial charge < -0.3 is 10.6 Å². The normalized spacial score (nSPS) is 14.8. The van der Waals surface area contributed by atoms with Crippen LogP contribution in [0, 0.1) is 0 Å². The van der Waals surface area contributed by atoms with Crippen molar-refractivity contribution in [1.29, 1.82) is 0 Å². The van der Waals surface area contributed by atoms with Crippen LogP contribution in [-0.4, -0.2) is 13.1 Å². The topological polar surface area (TPSA) is 24.1 Å². The molecule has 190 valence electrons. The Bertz CT molecular complexity index is 1900. The number of benzene rings is 5. The van der Waals surface area contributed by atoms with Crippen LogP contribution in [0.5, 0.6) is 0 Å². The fourth-order valence-corrected chi connectivity index (χ4v) is 6.36. The molecule has 2 aliphatic heterocycles. The van der Waals surface area contributed by atoms with E-state index >= 15 is 0 Å². The number of nitrogens with one attached hydrogen (secondary N) is 2. The minimum Gasteiger partial charge on any atom is -0.387 e. The van der Waals surface area contributed by atoms with E-state index in [1.54, 1.807) is 0 Å². The number of fused-ring (bicyclic) bond motifs is 3. The summed E-state index contributed by atoms with van der Waals surface area (Å²) >= 11 is 0. The molecule has 5 aromatic rings. The van der Waals surface area contributed by atoms with Gasteiger partial charge >= 0.3 is 0 Å². The van der Waals surface area contributed by atoms with Crippen LogP contribution in [0.2, 0.25) is 0 Å². The van der Waals surface area contributed by atoms with Crippen molar-refractivity contribution in [3.63, 3.8) is 0 Å². The van der Waals surface area contributed by atoms with E-state index < -0.39 is 0 Å². The highest BCUT2D eigenvalue weighted by Gasteiger charge is 2.22. The fourth-order valence-electron chi connectivity index (χ4n) is 6.36. The molecule has 0 atom stereocenters. The summed E-state index contributed by atoms with van der Waals surface area (Å²) < 4.78 is 0. The summed E-state index contributed by atoms with van der Waals surface area (Å²) in [6.07, 6.45) is 12.8. The van der Waals surface area contributed by atoms with E-state index in [-0.39, 0.29) is 0 Å². The third-order valence-electron chi connectivity index (χ3n) is 8.31. The van der Waals surface area contributed by atoms with Crippen molar-refractivity contribution < 1.29 is 0 Å². The SMILES string of the molecule is C1=CNCC(c2cc(C3=CNCC=C3)cc(-c3ccc(-c4ccc5c6c(cccc46)-c4ccccc4-5)cc3)c2)=C1. The first-order valence-electron chi connectivity index (χ1n) is 13.9. The lowest BCUT2D eigenvalue weighted by Crippen LogP contribution is -2.12. The molecule has 0 saturated heterocycles. The molecule has 0 bridgehead atoms. The van der Waals surface area contributed by atoms with Crippen LogP contribution in [-0.2, 0) is 0 Å². The lowest BCUT2D eigenvalue weighted by atomic mass is 9.90. The second-order valence-corrected chi connectivity index (χ2v) is 10.7. The molecule has 0 fully saturated rings. The summed E-state index contributed by atoms with van der Waals surface area (Å²) in [5.74, 6) is 0. The molecule has 2 heterocycles. The minimum absolute atomic E-state index is 0.834. The smallest absolute Gasteiger partial charge is 0.0401 e. The van der Waals surface area contributed by atoms with Gasteiger partial charge in [0.1, 0.15) is 0 Å². The number of allylic oxidation sites excluding steroid dienone is 4. The summed E-state index contributed by atoms with van der Waals surface area (Å²) in [5.41, 5.74) is 15.3. The molecule has 1 aliphatic carbocycles. The van der Waals surface area contributed by atoms with Gasteiger partial charge in [0.25, 0.3) is 0 Å². The lowest BCUT2D eigenvalue weighted by molar-refractivity contribution is 0.976. The van der Waals surface area contributed by atoms with Gasteiger partial charge in [-0.05, 0) is 108 Å². The lowest BCUT2D eigenvalue weighted by Gasteiger charge is -2.17. The summed E-state index contributed by atoms with van der Waals surface area (Å²) in [5, 5.41) is 9.41. The predicted molar refractivity (Wildman–Crippen MR) is 169 cm³/mol. The standard InChI is InChI=1S/C38H28N2/c1-2-9-34-33(8-1)36-11-3-10-35-32(16-17-37(34)38(35)36)26-14-12-25(13-15-26)29-20-30(27-6-4-18-39-23-27)22-31(21-29)28-7-5-19-40-24-28/h1-18,20-22,24,39-40H,19,23H2. The van der Waals surface area contributed by atoms with E-state index in [2.05, 4.69) is 138 Å². The Morgan fingerprint density at radius 3 is 2.05 bits per heavy atom. The van der Waals surface area contributed by atoms with Gasteiger partial charge in [-0.15, -0.1) is 0 Å². The number of rotatable bonds is 4. The third kappa shape index (κ3) is 3.72. The summed E-state index contributed by atoms with van der Waals surface area (Å²) in [6, 6.07) is 36.1. The average molecular weight is 513 g/mol. The Hall–Kier alpha value is -5.08. The highest BCUT2D eigenvalue weighted by Crippen LogP contribution is 2.49. The molecule has 5 aromatic carbocycles. The molecule has 3 aliphatic rings. The first kappa shape index (κ1) is 22.9. The molecule has 0 unspecified atom stereocenters. The van der Waals surface area contributed by atoms with Crippen molar-refractivity contribution in [2.45, 2.75) is 0 Å². The Kier molecular flexibility index (Phi) is 5.31. The maximum absolute atomic E-state index is 3.36. The molecular formula is C38H28N2. The van der Waals surface area contributed by atoms with Crippen molar-refractivity contribution in [1.82, 2.24) is 10.6 Å². The molecule has 0 aromatic heterocycles. The fraction of sp³-hybridized carbons (Fsp3) is 0.0526. The van der Waals surface area contributed by atoms with Crippen molar-refractivity contribution in [3.05, 3.63) is 145 Å². The van der Waals surface area contributed by atoms with E-state index in [4.69, 9.17) is 0 Å². The number of dihydropyridines is 2. The van der Waals surface area contributed by atoms with Crippen LogP contribution in [0.15, 0.2) is 134 Å². The quantitative estimate of drug-likeness (QED) is 0.247. The predicted octanol–water partition coefficient (Wildman–Crippen LogP) is 8.82. The van der Waals surface area contributed by atoms with Crippen LogP contribution in [0.25, 0.3) is 66.4 Å². The Balaban J connectivity index is 1.21. The Morgan fingerprint density at radius 1 is 0.550 bits per heavy atom. The number of hydrogen-bond acceptors (Lipinski definition) is 2. The molecule has 2 N–H and O–H groups in total. The maximum atomic E-state index is 3.36. The summed E-state index contributed by atoms with van der Waals surface area (Å²) in [6.45, 7) is 1.71. The van der Waals surface area contributed by atoms with Gasteiger partial charge in [-0.3, -0.25) is 0 Å². The first-order chi connectivity index (χ1) is 19.8. The highest BCUT2D eigenvalue weighted by atomic mass is 14.8. The van der Waals surface area contributed by atoms with Crippen molar-refractivity contribution >= 4 is 21.9 Å². The molecule has 0 radical (unpaired) electrons. The van der Waals surface area contributed by atoms with Crippen LogP contribution < -0.4 is 10.6 Å². The zero-order chi connectivity index (χ0) is 26.5. The van der Waals surface area contributed by atoms with Crippen molar-refractivity contribution in [2.75, 3.05) is 13.1 Å². The molecule has 0 spiro atoms. The molecule has 0 amide bonds. The monoisotopic (exact) mass is 512 g/mol. The molecule has 2 nitrogen and oxygen atoms in total. The first-order valence-corrected chi connectivity index (χ1v) is 13.9. The Morgan fingerprint density at radius 2 is 1.27 bits per heavy atom. The summed E-state index contributed by atoms with van der Waals surface area (Å²) in [7, 11) is 0. The highest BCUT2D eigenvalue weighted by molar-refractivity contribution is 6.18. The summed E-state index contributed by atoms with van der Waals surface area (Å²) in [4.78, 5) is 0. The van der Waals surface area contributed by atoms with Crippen LogP contribution >= 0.6 is 0 Å². The van der Waals surface area contributed by atoms with Crippen LogP contribution in [0.3, 0.4) is 0 Å². The molecule has 2 heteroatoms. The van der Waals surface area contributed by atoms with Gasteiger partial charge in [-0.25, -0.2) is 0 Å². The van der Waals surface area contributed by atoms with E-state index in [1.165, 1.54) is 77.6 Å². The molecule has 8 rings (SSSR count). The third-order valence-corrected chi connectivity index (χ3v) is 8.31. The van der Waals surface area contributed by atoms with Gasteiger partial charge in [0.05, 0.1) is 0 Å². The van der Waals surface area contributed by atoms with Gasteiger partial charge in [0, 0.05) is 19.3 Å². The van der Waals surface area contributed by atoms with E-state index in [1.807, 2.05) is 6.20 Å². The minimum atomic E-state index is 0.834. The van der Waals surface area contributed by atoms with Crippen molar-refractivity contribution in [3.8, 4) is 44.5 Å². The van der Waals surface area contributed by atoms with E-state index in [0.29, 0.717) is 0 Å². The molecule has 0 saturated carbocycles. The maximum Gasteiger partial charge on any atom is 0.0401 e. The van der Waals surface area contributed by atoms with E-state index in [9.17, 15) is 0 Å². The van der Waals surface area contributed by atoms with Crippen LogP contribution in [0.4, 0.5) is 0 Å². The van der Waals surface area contributed by atoms with Crippen molar-refractivity contribution in [2.24, 2.45) is 0 Å². The zero-order valence-electron chi connectivity index (χ0n) is 22.1. The average Bonchev–Trinajstić information content (AvgIpc) is 3.37. The second-order valence-electron chi connectivity index (χ2n) is 10.7. The van der Waals surface area contributed by atoms with Gasteiger partial charge in [0.15, 0.2) is 0 Å². The second kappa shape index (κ2) is 9.29.